The molecule has 1 aromatic heterocycles. The monoisotopic (exact) mass is 398 g/mol. The van der Waals surface area contributed by atoms with Crippen LogP contribution in [0.4, 0.5) is 10.6 Å². The lowest BCUT2D eigenvalue weighted by molar-refractivity contribution is 0.0128. The predicted molar refractivity (Wildman–Crippen MR) is 103 cm³/mol. The summed E-state index contributed by atoms with van der Waals surface area (Å²) in [6.07, 6.45) is 4.10. The highest BCUT2D eigenvalue weighted by atomic mass is 32.2. The molecule has 0 aromatic carbocycles. The second-order valence-electron chi connectivity index (χ2n) is 6.08. The van der Waals surface area contributed by atoms with Gasteiger partial charge in [-0.1, -0.05) is 17.8 Å². The molecule has 1 rings (SSSR count). The Hall–Kier alpha value is -2.37. The summed E-state index contributed by atoms with van der Waals surface area (Å²) in [5.41, 5.74) is 7.47. The molecule has 10 nitrogen and oxygen atoms in total. The third-order valence-electron chi connectivity index (χ3n) is 2.74. The number of hydrogen-bond donors (Lipinski definition) is 3. The molecule has 0 fully saturated rings. The van der Waals surface area contributed by atoms with Gasteiger partial charge in [0, 0.05) is 6.20 Å². The van der Waals surface area contributed by atoms with Crippen molar-refractivity contribution in [3.63, 3.8) is 0 Å². The molecule has 0 aliphatic heterocycles. The van der Waals surface area contributed by atoms with Gasteiger partial charge >= 0.3 is 12.1 Å². The molecule has 0 aliphatic rings. The van der Waals surface area contributed by atoms with Crippen LogP contribution in [-0.2, 0) is 9.47 Å². The number of carbonyl (C=O) groups excluding carboxylic acids is 2. The number of nitrogens with zero attached hydrogens (tertiary/aromatic N) is 3. The molecule has 11 heteroatoms. The molecule has 0 bridgehead atoms. The zero-order chi connectivity index (χ0) is 20.4. The Morgan fingerprint density at radius 2 is 2.11 bits per heavy atom. The lowest BCUT2D eigenvalue weighted by Crippen LogP contribution is -2.53. The van der Waals surface area contributed by atoms with Crippen molar-refractivity contribution < 1.29 is 19.1 Å². The maximum Gasteiger partial charge on any atom is 0.426 e. The van der Waals surface area contributed by atoms with E-state index < -0.39 is 17.7 Å². The zero-order valence-corrected chi connectivity index (χ0v) is 17.0. The van der Waals surface area contributed by atoms with Crippen LogP contribution in [0.25, 0.3) is 0 Å². The number of anilines is 1. The number of ether oxygens (including phenoxy) is 2. The van der Waals surface area contributed by atoms with Gasteiger partial charge in [-0.3, -0.25) is 5.43 Å². The van der Waals surface area contributed by atoms with Gasteiger partial charge in [-0.25, -0.2) is 24.6 Å². The van der Waals surface area contributed by atoms with Crippen molar-refractivity contribution in [2.24, 2.45) is 0 Å². The van der Waals surface area contributed by atoms with Crippen LogP contribution in [0, 0.1) is 0 Å². The molecule has 27 heavy (non-hydrogen) atoms. The molecule has 3 N–H and O–H groups in total. The Bertz CT molecular complexity index is 665. The van der Waals surface area contributed by atoms with Crippen molar-refractivity contribution in [1.29, 1.82) is 0 Å². The van der Waals surface area contributed by atoms with Gasteiger partial charge in [0.05, 0.1) is 13.2 Å². The summed E-state index contributed by atoms with van der Waals surface area (Å²) in [5.74, 6) is -0.368. The number of carbonyl (C=O) groups is 2. The quantitative estimate of drug-likeness (QED) is 0.188. The van der Waals surface area contributed by atoms with Crippen molar-refractivity contribution in [3.8, 4) is 0 Å². The van der Waals surface area contributed by atoms with Gasteiger partial charge < -0.3 is 9.47 Å². The van der Waals surface area contributed by atoms with Crippen molar-refractivity contribution in [1.82, 2.24) is 26.0 Å². The van der Waals surface area contributed by atoms with E-state index >= 15 is 0 Å². The summed E-state index contributed by atoms with van der Waals surface area (Å²) in [6.45, 7) is 11.0. The van der Waals surface area contributed by atoms with E-state index in [-0.39, 0.29) is 24.5 Å². The van der Waals surface area contributed by atoms with Crippen molar-refractivity contribution in [2.75, 3.05) is 24.8 Å². The highest BCUT2D eigenvalue weighted by Gasteiger charge is 2.22. The Labute approximate surface area is 163 Å². The van der Waals surface area contributed by atoms with Gasteiger partial charge in [-0.15, -0.1) is 12.1 Å². The SMILES string of the molecule is C=CCN(NNNc1nc(SC)ncc1C(=O)OCC)C(=O)OC(C)(C)C. The van der Waals surface area contributed by atoms with Gasteiger partial charge in [0.1, 0.15) is 11.2 Å². The third kappa shape index (κ3) is 7.81. The van der Waals surface area contributed by atoms with Crippen LogP contribution < -0.4 is 16.5 Å². The first-order chi connectivity index (χ1) is 12.7. The number of esters is 1. The van der Waals surface area contributed by atoms with Crippen LogP contribution in [0.3, 0.4) is 0 Å². The average Bonchev–Trinajstić information content (AvgIpc) is 2.59. The highest BCUT2D eigenvalue weighted by molar-refractivity contribution is 7.98. The maximum atomic E-state index is 12.2. The first kappa shape index (κ1) is 22.7. The molecule has 0 unspecified atom stereocenters. The summed E-state index contributed by atoms with van der Waals surface area (Å²) in [6, 6.07) is 0. The first-order valence-electron chi connectivity index (χ1n) is 8.18. The summed E-state index contributed by atoms with van der Waals surface area (Å²) in [7, 11) is 0. The molecule has 0 saturated heterocycles. The minimum absolute atomic E-state index is 0.150. The van der Waals surface area contributed by atoms with Crippen LogP contribution in [0.5, 0.6) is 0 Å². The number of amides is 1. The van der Waals surface area contributed by atoms with E-state index in [1.54, 1.807) is 27.7 Å². The molecule has 0 saturated carbocycles. The zero-order valence-electron chi connectivity index (χ0n) is 16.2. The van der Waals surface area contributed by atoms with E-state index in [0.717, 1.165) is 5.01 Å². The van der Waals surface area contributed by atoms with Gasteiger partial charge in [0.2, 0.25) is 0 Å². The maximum absolute atomic E-state index is 12.2. The Morgan fingerprint density at radius 1 is 1.41 bits per heavy atom. The second-order valence-corrected chi connectivity index (χ2v) is 6.85. The lowest BCUT2D eigenvalue weighted by atomic mass is 10.2. The number of rotatable bonds is 9. The van der Waals surface area contributed by atoms with Crippen molar-refractivity contribution in [2.45, 2.75) is 38.5 Å². The molecular weight excluding hydrogens is 372 g/mol. The minimum Gasteiger partial charge on any atom is -0.462 e. The molecule has 1 aromatic rings. The number of thioether (sulfide) groups is 1. The second kappa shape index (κ2) is 10.7. The van der Waals surface area contributed by atoms with Crippen LogP contribution in [0.15, 0.2) is 24.0 Å². The molecular formula is C16H26N6O4S. The van der Waals surface area contributed by atoms with Crippen LogP contribution in [0.2, 0.25) is 0 Å². The first-order valence-corrected chi connectivity index (χ1v) is 9.40. The molecule has 1 heterocycles. The fourth-order valence-corrected chi connectivity index (χ4v) is 2.02. The molecule has 1 amide bonds. The lowest BCUT2D eigenvalue weighted by Gasteiger charge is -2.27. The van der Waals surface area contributed by atoms with E-state index in [1.807, 2.05) is 6.26 Å². The molecule has 0 radical (unpaired) electrons. The van der Waals surface area contributed by atoms with Crippen LogP contribution in [0.1, 0.15) is 38.1 Å². The van der Waals surface area contributed by atoms with E-state index in [4.69, 9.17) is 9.47 Å². The summed E-state index contributed by atoms with van der Waals surface area (Å²) in [5, 5.41) is 1.62. The van der Waals surface area contributed by atoms with E-state index in [2.05, 4.69) is 33.0 Å². The Morgan fingerprint density at radius 3 is 2.67 bits per heavy atom. The number of nitrogens with one attached hydrogen (secondary N) is 3. The molecule has 150 valence electrons. The summed E-state index contributed by atoms with van der Waals surface area (Å²) < 4.78 is 10.3. The van der Waals surface area contributed by atoms with Crippen LogP contribution in [-0.4, -0.2) is 52.0 Å². The van der Waals surface area contributed by atoms with Gasteiger partial charge in [-0.2, -0.15) is 5.53 Å². The fraction of sp³-hybridized carbons (Fsp3) is 0.500. The van der Waals surface area contributed by atoms with E-state index in [9.17, 15) is 9.59 Å². The van der Waals surface area contributed by atoms with Gasteiger partial charge in [-0.05, 0) is 34.0 Å². The Balaban J connectivity index is 2.83. The van der Waals surface area contributed by atoms with Crippen LogP contribution >= 0.6 is 11.8 Å². The average molecular weight is 398 g/mol. The smallest absolute Gasteiger partial charge is 0.426 e. The largest absolute Gasteiger partial charge is 0.462 e. The van der Waals surface area contributed by atoms with Gasteiger partial charge in [0.25, 0.3) is 0 Å². The summed E-state index contributed by atoms with van der Waals surface area (Å²) in [4.78, 5) is 32.5. The third-order valence-corrected chi connectivity index (χ3v) is 3.30. The normalized spacial score (nSPS) is 10.9. The van der Waals surface area contributed by atoms with Crippen molar-refractivity contribution in [3.05, 3.63) is 24.4 Å². The highest BCUT2D eigenvalue weighted by Crippen LogP contribution is 2.17. The minimum atomic E-state index is -0.650. The van der Waals surface area contributed by atoms with E-state index in [0.29, 0.717) is 5.16 Å². The fourth-order valence-electron chi connectivity index (χ4n) is 1.68. The van der Waals surface area contributed by atoms with Crippen molar-refractivity contribution >= 4 is 29.6 Å². The number of hydrogen-bond acceptors (Lipinski definition) is 10. The van der Waals surface area contributed by atoms with E-state index in [1.165, 1.54) is 24.0 Å². The molecule has 0 atom stereocenters. The van der Waals surface area contributed by atoms with Gasteiger partial charge in [0.15, 0.2) is 11.0 Å². The molecule has 0 spiro atoms. The standard InChI is InChI=1S/C16H26N6O4S/c1-7-9-22(15(24)26-16(3,4)5)21-20-19-12-11(13(23)25-8-2)10-17-14(18-12)27-6/h7,10,20-21H,1,8-9H2,2-6H3,(H,17,18,19). The Kier molecular flexibility index (Phi) is 8.98. The topological polar surface area (TPSA) is 118 Å². The number of hydrazine groups is 3. The predicted octanol–water partition coefficient (Wildman–Crippen LogP) is 2.13. The number of aromatic nitrogens is 2. The summed E-state index contributed by atoms with van der Waals surface area (Å²) >= 11 is 1.32. The molecule has 0 aliphatic carbocycles.